The van der Waals surface area contributed by atoms with E-state index in [1.165, 1.54) is 12.8 Å². The van der Waals surface area contributed by atoms with E-state index in [9.17, 15) is 5.11 Å². The largest absolute Gasteiger partial charge is 0.508 e. The van der Waals surface area contributed by atoms with Crippen molar-refractivity contribution in [2.45, 2.75) is 18.9 Å². The number of ether oxygens (including phenoxy) is 1. The number of nitrogens with zero attached hydrogens (tertiary/aromatic N) is 1. The molecule has 1 aliphatic carbocycles. The number of aromatic hydroxyl groups is 1. The summed E-state index contributed by atoms with van der Waals surface area (Å²) in [6, 6.07) is 5.92. The molecule has 2 aliphatic rings. The summed E-state index contributed by atoms with van der Waals surface area (Å²) in [5.41, 5.74) is 1.03. The van der Waals surface area contributed by atoms with Crippen LogP contribution in [0.2, 0.25) is 0 Å². The summed E-state index contributed by atoms with van der Waals surface area (Å²) in [6.07, 6.45) is 2.54. The van der Waals surface area contributed by atoms with Gasteiger partial charge in [0.05, 0.1) is 7.11 Å². The van der Waals surface area contributed by atoms with Crippen LogP contribution in [0, 0.1) is 5.92 Å². The average Bonchev–Trinajstić information content (AvgIpc) is 3.27. The Morgan fingerprint density at radius 2 is 1.90 bits per heavy atom. The van der Waals surface area contributed by atoms with Crippen molar-refractivity contribution >= 4 is 24.8 Å². The van der Waals surface area contributed by atoms with Crippen molar-refractivity contribution < 1.29 is 9.84 Å². The van der Waals surface area contributed by atoms with Crippen LogP contribution in [0.4, 0.5) is 0 Å². The van der Waals surface area contributed by atoms with E-state index in [0.717, 1.165) is 37.5 Å². The number of nitrogens with one attached hydrogen (secondary N) is 1. The monoisotopic (exact) mass is 334 g/mol. The third kappa shape index (κ3) is 4.16. The molecule has 0 radical (unpaired) electrons. The Bertz CT molecular complexity index is 449. The van der Waals surface area contributed by atoms with Crippen LogP contribution in [0.1, 0.15) is 24.4 Å². The molecule has 1 aliphatic heterocycles. The molecule has 2 fully saturated rings. The van der Waals surface area contributed by atoms with Gasteiger partial charge in [-0.05, 0) is 37.0 Å². The molecule has 3 rings (SSSR count). The molecule has 0 spiro atoms. The minimum absolute atomic E-state index is 0. The third-order valence-corrected chi connectivity index (χ3v) is 4.17. The second kappa shape index (κ2) is 8.08. The van der Waals surface area contributed by atoms with Gasteiger partial charge in [-0.15, -0.1) is 24.8 Å². The SMILES string of the molecule is COc1ccc(O)c([C@@H](C2CC2)N2CCNCC2)c1.Cl.Cl. The summed E-state index contributed by atoms with van der Waals surface area (Å²) in [5.74, 6) is 1.92. The Labute approximate surface area is 138 Å². The van der Waals surface area contributed by atoms with Gasteiger partial charge in [0.1, 0.15) is 11.5 Å². The molecule has 1 saturated carbocycles. The predicted molar refractivity (Wildman–Crippen MR) is 89.1 cm³/mol. The predicted octanol–water partition coefficient (Wildman–Crippen LogP) is 2.60. The van der Waals surface area contributed by atoms with E-state index in [-0.39, 0.29) is 24.8 Å². The summed E-state index contributed by atoms with van der Waals surface area (Å²) in [4.78, 5) is 2.50. The van der Waals surface area contributed by atoms with E-state index in [1.807, 2.05) is 12.1 Å². The van der Waals surface area contributed by atoms with Crippen molar-refractivity contribution in [3.05, 3.63) is 23.8 Å². The highest BCUT2D eigenvalue weighted by Gasteiger charge is 2.38. The van der Waals surface area contributed by atoms with Crippen LogP contribution in [-0.4, -0.2) is 43.3 Å². The van der Waals surface area contributed by atoms with Gasteiger partial charge in [-0.2, -0.15) is 0 Å². The molecule has 6 heteroatoms. The van der Waals surface area contributed by atoms with Gasteiger partial charge >= 0.3 is 0 Å². The molecule has 0 bridgehead atoms. The fourth-order valence-corrected chi connectivity index (χ4v) is 3.02. The second-order valence-electron chi connectivity index (χ2n) is 5.49. The van der Waals surface area contributed by atoms with Crippen molar-refractivity contribution in [3.8, 4) is 11.5 Å². The van der Waals surface area contributed by atoms with Gasteiger partial charge in [0.2, 0.25) is 0 Å². The maximum Gasteiger partial charge on any atom is 0.120 e. The number of hydrogen-bond donors (Lipinski definition) is 2. The topological polar surface area (TPSA) is 44.7 Å². The first kappa shape index (κ1) is 18.4. The summed E-state index contributed by atoms with van der Waals surface area (Å²) < 4.78 is 5.31. The first-order valence-electron chi connectivity index (χ1n) is 7.11. The highest BCUT2D eigenvalue weighted by Crippen LogP contribution is 2.47. The van der Waals surface area contributed by atoms with Gasteiger partial charge in [-0.3, -0.25) is 4.90 Å². The molecule has 21 heavy (non-hydrogen) atoms. The van der Waals surface area contributed by atoms with Crippen molar-refractivity contribution in [3.63, 3.8) is 0 Å². The zero-order valence-corrected chi connectivity index (χ0v) is 13.9. The number of rotatable bonds is 4. The number of halogens is 2. The molecule has 4 nitrogen and oxygen atoms in total. The van der Waals surface area contributed by atoms with Gasteiger partial charge in [0.15, 0.2) is 0 Å². The Hall–Kier alpha value is -0.680. The summed E-state index contributed by atoms with van der Waals surface area (Å²) >= 11 is 0. The van der Waals surface area contributed by atoms with Gasteiger partial charge in [0.25, 0.3) is 0 Å². The highest BCUT2D eigenvalue weighted by atomic mass is 35.5. The van der Waals surface area contributed by atoms with Crippen molar-refractivity contribution in [1.82, 2.24) is 10.2 Å². The lowest BCUT2D eigenvalue weighted by Crippen LogP contribution is -2.45. The number of hydrogen-bond acceptors (Lipinski definition) is 4. The minimum atomic E-state index is 0. The average molecular weight is 335 g/mol. The molecule has 0 aromatic heterocycles. The van der Waals surface area contributed by atoms with E-state index < -0.39 is 0 Å². The van der Waals surface area contributed by atoms with Crippen LogP contribution >= 0.6 is 24.8 Å². The third-order valence-electron chi connectivity index (χ3n) is 4.17. The van der Waals surface area contributed by atoms with Crippen molar-refractivity contribution in [1.29, 1.82) is 0 Å². The number of phenols is 1. The lowest BCUT2D eigenvalue weighted by atomic mass is 9.98. The first-order valence-corrected chi connectivity index (χ1v) is 7.11. The van der Waals surface area contributed by atoms with Crippen molar-refractivity contribution in [2.75, 3.05) is 33.3 Å². The van der Waals surface area contributed by atoms with Crippen LogP contribution in [-0.2, 0) is 0 Å². The molecule has 0 amide bonds. The fourth-order valence-electron chi connectivity index (χ4n) is 3.02. The number of methoxy groups -OCH3 is 1. The summed E-state index contributed by atoms with van der Waals surface area (Å²) in [7, 11) is 1.67. The molecule has 2 N–H and O–H groups in total. The number of phenolic OH excluding ortho intramolecular Hbond substituents is 1. The van der Waals surface area contributed by atoms with E-state index in [2.05, 4.69) is 10.2 Å². The standard InChI is InChI=1S/C15H22N2O2.2ClH/c1-19-12-4-5-14(18)13(10-12)15(11-2-3-11)17-8-6-16-7-9-17;;/h4-5,10-11,15-16,18H,2-3,6-9H2,1H3;2*1H/t15-;;/m1../s1. The minimum Gasteiger partial charge on any atom is -0.508 e. The molecule has 1 aromatic rings. The fraction of sp³-hybridized carbons (Fsp3) is 0.600. The van der Waals surface area contributed by atoms with Gasteiger partial charge < -0.3 is 15.2 Å². The van der Waals surface area contributed by atoms with Crippen molar-refractivity contribution in [2.24, 2.45) is 5.92 Å². The Morgan fingerprint density at radius 1 is 1.24 bits per heavy atom. The van der Waals surface area contributed by atoms with Crippen LogP contribution in [0.5, 0.6) is 11.5 Å². The highest BCUT2D eigenvalue weighted by molar-refractivity contribution is 5.85. The van der Waals surface area contributed by atoms with Crippen LogP contribution in [0.15, 0.2) is 18.2 Å². The molecule has 1 aromatic carbocycles. The maximum atomic E-state index is 10.2. The molecule has 1 saturated heterocycles. The zero-order valence-electron chi connectivity index (χ0n) is 12.2. The summed E-state index contributed by atoms with van der Waals surface area (Å²) in [6.45, 7) is 4.18. The Balaban J connectivity index is 0.00000110. The lowest BCUT2D eigenvalue weighted by Gasteiger charge is -2.35. The molecule has 0 unspecified atom stereocenters. The second-order valence-corrected chi connectivity index (χ2v) is 5.49. The molecule has 120 valence electrons. The van der Waals surface area contributed by atoms with Crippen LogP contribution < -0.4 is 10.1 Å². The Kier molecular flexibility index (Phi) is 7.07. The molecular formula is C15H24Cl2N2O2. The Morgan fingerprint density at radius 3 is 2.48 bits per heavy atom. The molecular weight excluding hydrogens is 311 g/mol. The quantitative estimate of drug-likeness (QED) is 0.888. The van der Waals surface area contributed by atoms with E-state index in [0.29, 0.717) is 17.7 Å². The lowest BCUT2D eigenvalue weighted by molar-refractivity contribution is 0.153. The maximum absolute atomic E-state index is 10.2. The van der Waals surface area contributed by atoms with E-state index in [1.54, 1.807) is 13.2 Å². The zero-order chi connectivity index (χ0) is 13.2. The normalized spacial score (nSPS) is 20.0. The molecule has 1 heterocycles. The number of benzene rings is 1. The number of piperazine rings is 1. The van der Waals surface area contributed by atoms with E-state index >= 15 is 0 Å². The van der Waals surface area contributed by atoms with Crippen LogP contribution in [0.25, 0.3) is 0 Å². The first-order chi connectivity index (χ1) is 9.29. The smallest absolute Gasteiger partial charge is 0.120 e. The van der Waals surface area contributed by atoms with Gasteiger partial charge in [-0.25, -0.2) is 0 Å². The summed E-state index contributed by atoms with van der Waals surface area (Å²) in [5, 5.41) is 13.6. The molecule has 1 atom stereocenters. The van der Waals surface area contributed by atoms with Gasteiger partial charge in [-0.1, -0.05) is 0 Å². The van der Waals surface area contributed by atoms with Gasteiger partial charge in [0, 0.05) is 37.8 Å². The van der Waals surface area contributed by atoms with Crippen LogP contribution in [0.3, 0.4) is 0 Å². The van der Waals surface area contributed by atoms with E-state index in [4.69, 9.17) is 4.74 Å².